The van der Waals surface area contributed by atoms with Gasteiger partial charge < -0.3 is 5.43 Å². The number of nitrogens with one attached hydrogen (secondary N) is 1. The zero-order valence-electron chi connectivity index (χ0n) is 9.77. The van der Waals surface area contributed by atoms with Gasteiger partial charge in [-0.15, -0.1) is 0 Å². The highest BCUT2D eigenvalue weighted by Gasteiger charge is 1.96. The van der Waals surface area contributed by atoms with E-state index in [1.54, 1.807) is 6.21 Å². The molecule has 0 aromatic heterocycles. The fourth-order valence-corrected chi connectivity index (χ4v) is 1.26. The topological polar surface area (TPSA) is 48.2 Å². The Morgan fingerprint density at radius 2 is 2.06 bits per heavy atom. The van der Waals surface area contributed by atoms with E-state index in [0.717, 1.165) is 5.56 Å². The van der Waals surface area contributed by atoms with Gasteiger partial charge in [0.2, 0.25) is 0 Å². The maximum Gasteiger partial charge on any atom is 0.0640 e. The van der Waals surface area contributed by atoms with Crippen LogP contribution in [0.25, 0.3) is 0 Å². The Labute approximate surface area is 96.8 Å². The van der Waals surface area contributed by atoms with Crippen LogP contribution in [0.1, 0.15) is 37.3 Å². The molecule has 1 rings (SSSR count). The third-order valence-corrected chi connectivity index (χ3v) is 2.26. The summed E-state index contributed by atoms with van der Waals surface area (Å²) in [6, 6.07) is 10.4. The molecule has 0 saturated carbocycles. The van der Waals surface area contributed by atoms with Crippen molar-refractivity contribution in [1.29, 1.82) is 5.26 Å². The summed E-state index contributed by atoms with van der Waals surface area (Å²) in [5, 5.41) is 12.4. The van der Waals surface area contributed by atoms with E-state index in [0.29, 0.717) is 18.9 Å². The summed E-state index contributed by atoms with van der Waals surface area (Å²) in [4.78, 5) is 0. The van der Waals surface area contributed by atoms with Crippen molar-refractivity contribution in [3.63, 3.8) is 0 Å². The van der Waals surface area contributed by atoms with Crippen LogP contribution in [-0.2, 0) is 0 Å². The van der Waals surface area contributed by atoms with Gasteiger partial charge in [-0.1, -0.05) is 38.1 Å². The standard InChI is InChI=1S/C13H17N3/c1-11(2)13-6-4-12(5-7-13)10-16-15-9-3-8-14/h4-7,10-11,15H,3,9H2,1-2H3/b16-10+. The molecular formula is C13H17N3. The fourth-order valence-electron chi connectivity index (χ4n) is 1.26. The second-order valence-electron chi connectivity index (χ2n) is 3.90. The van der Waals surface area contributed by atoms with Gasteiger partial charge in [-0.3, -0.25) is 0 Å². The molecule has 16 heavy (non-hydrogen) atoms. The Morgan fingerprint density at radius 1 is 1.38 bits per heavy atom. The van der Waals surface area contributed by atoms with Crippen LogP contribution in [-0.4, -0.2) is 12.8 Å². The number of hydrazone groups is 1. The van der Waals surface area contributed by atoms with Crippen LogP contribution in [0.2, 0.25) is 0 Å². The highest BCUT2D eigenvalue weighted by atomic mass is 15.3. The van der Waals surface area contributed by atoms with E-state index in [-0.39, 0.29) is 0 Å². The van der Waals surface area contributed by atoms with Gasteiger partial charge in [-0.25, -0.2) is 0 Å². The van der Waals surface area contributed by atoms with Gasteiger partial charge in [0.05, 0.1) is 18.7 Å². The van der Waals surface area contributed by atoms with E-state index in [1.807, 2.05) is 18.2 Å². The normalized spacial score (nSPS) is 10.6. The van der Waals surface area contributed by atoms with Crippen molar-refractivity contribution in [2.24, 2.45) is 5.10 Å². The Balaban J connectivity index is 2.46. The van der Waals surface area contributed by atoms with Gasteiger partial charge in [0, 0.05) is 6.54 Å². The quantitative estimate of drug-likeness (QED) is 0.466. The van der Waals surface area contributed by atoms with E-state index in [9.17, 15) is 0 Å². The summed E-state index contributed by atoms with van der Waals surface area (Å²) in [5.74, 6) is 0.555. The molecule has 0 fully saturated rings. The molecule has 0 spiro atoms. The molecule has 0 unspecified atom stereocenters. The van der Waals surface area contributed by atoms with Gasteiger partial charge in [-0.2, -0.15) is 10.4 Å². The number of nitriles is 1. The number of nitrogens with zero attached hydrogens (tertiary/aromatic N) is 2. The fraction of sp³-hybridized carbons (Fsp3) is 0.385. The van der Waals surface area contributed by atoms with E-state index < -0.39 is 0 Å². The van der Waals surface area contributed by atoms with E-state index in [1.165, 1.54) is 5.56 Å². The zero-order chi connectivity index (χ0) is 11.8. The Morgan fingerprint density at radius 3 is 2.62 bits per heavy atom. The summed E-state index contributed by atoms with van der Waals surface area (Å²) in [6.45, 7) is 4.94. The molecule has 3 heteroatoms. The van der Waals surface area contributed by atoms with Crippen molar-refractivity contribution in [2.75, 3.05) is 6.54 Å². The molecule has 0 amide bonds. The molecule has 0 aliphatic heterocycles. The van der Waals surface area contributed by atoms with Gasteiger partial charge in [-0.05, 0) is 17.0 Å². The second-order valence-corrected chi connectivity index (χ2v) is 3.90. The number of rotatable bonds is 5. The molecule has 84 valence electrons. The SMILES string of the molecule is CC(C)c1ccc(/C=N/NCCC#N)cc1. The molecule has 1 N–H and O–H groups in total. The first kappa shape index (κ1) is 12.3. The zero-order valence-corrected chi connectivity index (χ0v) is 9.77. The van der Waals surface area contributed by atoms with Crippen molar-refractivity contribution in [1.82, 2.24) is 5.43 Å². The molecule has 0 saturated heterocycles. The number of hydrogen-bond acceptors (Lipinski definition) is 3. The third kappa shape index (κ3) is 4.14. The molecule has 0 aliphatic carbocycles. The number of benzene rings is 1. The highest BCUT2D eigenvalue weighted by Crippen LogP contribution is 2.13. The minimum Gasteiger partial charge on any atom is -0.309 e. The predicted octanol–water partition coefficient (Wildman–Crippen LogP) is 2.65. The Kier molecular flexibility index (Phi) is 5.07. The second kappa shape index (κ2) is 6.62. The van der Waals surface area contributed by atoms with E-state index in [4.69, 9.17) is 5.26 Å². The lowest BCUT2D eigenvalue weighted by Gasteiger charge is -2.04. The lowest BCUT2D eigenvalue weighted by Crippen LogP contribution is -2.06. The maximum absolute atomic E-state index is 8.32. The van der Waals surface area contributed by atoms with E-state index in [2.05, 4.69) is 36.5 Å². The van der Waals surface area contributed by atoms with Crippen molar-refractivity contribution >= 4 is 6.21 Å². The van der Waals surface area contributed by atoms with Crippen LogP contribution in [0.4, 0.5) is 0 Å². The summed E-state index contributed by atoms with van der Waals surface area (Å²) in [7, 11) is 0. The largest absolute Gasteiger partial charge is 0.309 e. The van der Waals surface area contributed by atoms with Gasteiger partial charge in [0.1, 0.15) is 0 Å². The molecule has 0 atom stereocenters. The summed E-state index contributed by atoms with van der Waals surface area (Å²) >= 11 is 0. The molecule has 0 bridgehead atoms. The summed E-state index contributed by atoms with van der Waals surface area (Å²) < 4.78 is 0. The minimum atomic E-state index is 0.476. The number of hydrogen-bond donors (Lipinski definition) is 1. The first-order valence-corrected chi connectivity index (χ1v) is 5.47. The molecule has 0 radical (unpaired) electrons. The van der Waals surface area contributed by atoms with Crippen LogP contribution < -0.4 is 5.43 Å². The Bertz CT molecular complexity index is 371. The molecule has 1 aromatic rings. The van der Waals surface area contributed by atoms with Gasteiger partial charge >= 0.3 is 0 Å². The van der Waals surface area contributed by atoms with Gasteiger partial charge in [0.25, 0.3) is 0 Å². The first-order valence-electron chi connectivity index (χ1n) is 5.47. The van der Waals surface area contributed by atoms with Crippen molar-refractivity contribution < 1.29 is 0 Å². The molecule has 0 heterocycles. The van der Waals surface area contributed by atoms with Gasteiger partial charge in [0.15, 0.2) is 0 Å². The predicted molar refractivity (Wildman–Crippen MR) is 66.4 cm³/mol. The highest BCUT2D eigenvalue weighted by molar-refractivity contribution is 5.79. The van der Waals surface area contributed by atoms with Crippen LogP contribution in [0.3, 0.4) is 0 Å². The Hall–Kier alpha value is -1.82. The lowest BCUT2D eigenvalue weighted by atomic mass is 10.0. The average molecular weight is 215 g/mol. The molecule has 3 nitrogen and oxygen atoms in total. The summed E-state index contributed by atoms with van der Waals surface area (Å²) in [6.07, 6.45) is 2.24. The van der Waals surface area contributed by atoms with Crippen LogP contribution in [0, 0.1) is 11.3 Å². The first-order chi connectivity index (χ1) is 7.74. The van der Waals surface area contributed by atoms with Crippen LogP contribution >= 0.6 is 0 Å². The molecule has 0 aliphatic rings. The average Bonchev–Trinajstić information content (AvgIpc) is 2.29. The maximum atomic E-state index is 8.32. The monoisotopic (exact) mass is 215 g/mol. The van der Waals surface area contributed by atoms with Crippen LogP contribution in [0.15, 0.2) is 29.4 Å². The molecule has 1 aromatic carbocycles. The lowest BCUT2D eigenvalue weighted by molar-refractivity contribution is 0.750. The summed E-state index contributed by atoms with van der Waals surface area (Å²) in [5.41, 5.74) is 5.21. The third-order valence-electron chi connectivity index (χ3n) is 2.26. The van der Waals surface area contributed by atoms with E-state index >= 15 is 0 Å². The van der Waals surface area contributed by atoms with Crippen molar-refractivity contribution in [3.8, 4) is 6.07 Å². The van der Waals surface area contributed by atoms with Crippen LogP contribution in [0.5, 0.6) is 0 Å². The van der Waals surface area contributed by atoms with Crippen molar-refractivity contribution in [2.45, 2.75) is 26.2 Å². The smallest absolute Gasteiger partial charge is 0.0640 e. The molecular weight excluding hydrogens is 198 g/mol. The minimum absolute atomic E-state index is 0.476. The van der Waals surface area contributed by atoms with Crippen molar-refractivity contribution in [3.05, 3.63) is 35.4 Å².